The molecule has 0 aromatic carbocycles. The van der Waals surface area contributed by atoms with E-state index in [0.29, 0.717) is 50.3 Å². The van der Waals surface area contributed by atoms with Crippen LogP contribution >= 0.6 is 23.6 Å². The van der Waals surface area contributed by atoms with Crippen LogP contribution in [0.25, 0.3) is 10.7 Å². The van der Waals surface area contributed by atoms with Crippen molar-refractivity contribution < 1.29 is 12.9 Å². The molecule has 0 bridgehead atoms. The second-order valence-corrected chi connectivity index (χ2v) is 11.2. The lowest BCUT2D eigenvalue weighted by Gasteiger charge is -2.33. The number of hydrogen-bond acceptors (Lipinski definition) is 8. The first kappa shape index (κ1) is 21.0. The van der Waals surface area contributed by atoms with E-state index < -0.39 is 10.0 Å². The number of thiophene rings is 1. The van der Waals surface area contributed by atoms with E-state index in [1.54, 1.807) is 25.2 Å². The normalized spacial score (nSPS) is 18.6. The molecule has 0 N–H and O–H groups in total. The van der Waals surface area contributed by atoms with Crippen LogP contribution in [0, 0.1) is 18.6 Å². The third-order valence-corrected chi connectivity index (χ3v) is 9.17. The Labute approximate surface area is 189 Å². The summed E-state index contributed by atoms with van der Waals surface area (Å²) in [5, 5.41) is 10.7. The molecule has 2 fully saturated rings. The van der Waals surface area contributed by atoms with Crippen LogP contribution < -0.4 is 0 Å². The van der Waals surface area contributed by atoms with Crippen molar-refractivity contribution in [3.8, 4) is 10.7 Å². The van der Waals surface area contributed by atoms with Gasteiger partial charge in [0, 0.05) is 32.2 Å². The highest BCUT2D eigenvalue weighted by atomic mass is 32.2. The molecule has 3 aromatic heterocycles. The van der Waals surface area contributed by atoms with Gasteiger partial charge in [-0.05, 0) is 50.4 Å². The number of nitrogens with zero attached hydrogens (tertiary/aromatic N) is 6. The zero-order valence-electron chi connectivity index (χ0n) is 17.4. The summed E-state index contributed by atoms with van der Waals surface area (Å²) in [6.45, 7) is 5.86. The molecular weight excluding hydrogens is 456 g/mol. The third-order valence-electron chi connectivity index (χ3n) is 5.76. The highest BCUT2D eigenvalue weighted by molar-refractivity contribution is 7.89. The number of sulfonamides is 1. The van der Waals surface area contributed by atoms with Gasteiger partial charge in [0.05, 0.1) is 11.5 Å². The molecule has 2 aliphatic rings. The smallest absolute Gasteiger partial charge is 0.248 e. The Morgan fingerprint density at radius 3 is 2.55 bits per heavy atom. The van der Waals surface area contributed by atoms with Crippen molar-refractivity contribution in [1.29, 1.82) is 0 Å². The zero-order valence-corrected chi connectivity index (χ0v) is 19.8. The van der Waals surface area contributed by atoms with Crippen LogP contribution in [0.1, 0.15) is 30.3 Å². The summed E-state index contributed by atoms with van der Waals surface area (Å²) in [5.74, 6) is 1.26. The minimum absolute atomic E-state index is 0.187. The van der Waals surface area contributed by atoms with Crippen LogP contribution in [-0.2, 0) is 16.7 Å². The molecule has 0 unspecified atom stereocenters. The minimum Gasteiger partial charge on any atom is -0.360 e. The van der Waals surface area contributed by atoms with Crippen LogP contribution in [0.5, 0.6) is 0 Å². The Balaban J connectivity index is 1.32. The van der Waals surface area contributed by atoms with Gasteiger partial charge in [0.2, 0.25) is 10.0 Å². The van der Waals surface area contributed by atoms with E-state index >= 15 is 0 Å². The number of aryl methyl sites for hydroxylation is 2. The average molecular weight is 481 g/mol. The van der Waals surface area contributed by atoms with Crippen molar-refractivity contribution in [2.24, 2.45) is 0 Å². The fraction of sp³-hybridized carbons (Fsp3) is 0.526. The molecule has 1 saturated heterocycles. The molecule has 12 heteroatoms. The van der Waals surface area contributed by atoms with Gasteiger partial charge in [-0.1, -0.05) is 11.2 Å². The van der Waals surface area contributed by atoms with Crippen LogP contribution in [0.2, 0.25) is 0 Å². The van der Waals surface area contributed by atoms with Gasteiger partial charge in [0.1, 0.15) is 10.6 Å². The van der Waals surface area contributed by atoms with Gasteiger partial charge >= 0.3 is 0 Å². The van der Waals surface area contributed by atoms with E-state index in [-0.39, 0.29) is 4.90 Å². The van der Waals surface area contributed by atoms with E-state index in [9.17, 15) is 8.42 Å². The molecule has 9 nitrogen and oxygen atoms in total. The van der Waals surface area contributed by atoms with E-state index in [0.717, 1.165) is 28.3 Å². The van der Waals surface area contributed by atoms with Gasteiger partial charge in [-0.15, -0.1) is 16.4 Å². The zero-order chi connectivity index (χ0) is 21.8. The molecule has 4 heterocycles. The van der Waals surface area contributed by atoms with Crippen molar-refractivity contribution in [3.63, 3.8) is 0 Å². The lowest BCUT2D eigenvalue weighted by molar-refractivity contribution is 0.144. The molecule has 1 aliphatic carbocycles. The number of aromatic nitrogens is 4. The first-order chi connectivity index (χ1) is 14.9. The van der Waals surface area contributed by atoms with E-state index in [4.69, 9.17) is 21.8 Å². The molecule has 3 aromatic rings. The van der Waals surface area contributed by atoms with Crippen LogP contribution in [0.3, 0.4) is 0 Å². The third kappa shape index (κ3) is 3.80. The van der Waals surface area contributed by atoms with E-state index in [1.807, 2.05) is 16.1 Å². The van der Waals surface area contributed by atoms with Crippen LogP contribution in [-0.4, -0.2) is 63.3 Å². The number of piperazine rings is 1. The molecule has 0 spiro atoms. The maximum atomic E-state index is 13.0. The summed E-state index contributed by atoms with van der Waals surface area (Å²) in [6, 6.07) is 4.54. The number of rotatable bonds is 6. The topological polar surface area (TPSA) is 89.4 Å². The van der Waals surface area contributed by atoms with Gasteiger partial charge < -0.3 is 4.52 Å². The lowest BCUT2D eigenvalue weighted by Crippen LogP contribution is -2.49. The molecule has 31 heavy (non-hydrogen) atoms. The highest BCUT2D eigenvalue weighted by Crippen LogP contribution is 2.39. The molecular formula is C19H24N6O3S3. The van der Waals surface area contributed by atoms with E-state index in [1.165, 1.54) is 4.31 Å². The fourth-order valence-electron chi connectivity index (χ4n) is 4.02. The molecule has 1 aliphatic heterocycles. The Morgan fingerprint density at radius 1 is 1.23 bits per heavy atom. The quantitative estimate of drug-likeness (QED) is 0.501. The fourth-order valence-corrected chi connectivity index (χ4v) is 6.77. The summed E-state index contributed by atoms with van der Waals surface area (Å²) < 4.78 is 37.4. The van der Waals surface area contributed by atoms with Crippen molar-refractivity contribution in [1.82, 2.24) is 28.7 Å². The standard InChI is InChI=1S/C19H24N6O3S3/c1-13-17(14(2)28-21-13)31(26,27)23-9-7-22(8-10-23)12-24-19(29)25(15-5-6-15)18(20-24)16-4-3-11-30-16/h3-4,11,15H,5-10,12H2,1-2H3. The first-order valence-corrected chi connectivity index (χ1v) is 13.0. The Kier molecular flexibility index (Phi) is 5.37. The molecule has 0 amide bonds. The Hall–Kier alpha value is -1.86. The monoisotopic (exact) mass is 480 g/mol. The molecule has 166 valence electrons. The predicted octanol–water partition coefficient (Wildman–Crippen LogP) is 3.05. The van der Waals surface area contributed by atoms with Gasteiger partial charge in [0.25, 0.3) is 0 Å². The first-order valence-electron chi connectivity index (χ1n) is 10.2. The van der Waals surface area contributed by atoms with Crippen LogP contribution in [0.4, 0.5) is 0 Å². The van der Waals surface area contributed by atoms with Gasteiger partial charge in [0.15, 0.2) is 16.4 Å². The Bertz CT molecular complexity index is 1230. The SMILES string of the molecule is Cc1noc(C)c1S(=O)(=O)N1CCN(Cn2nc(-c3cccs3)n(C3CC3)c2=S)CC1. The summed E-state index contributed by atoms with van der Waals surface area (Å²) in [6.07, 6.45) is 2.27. The largest absolute Gasteiger partial charge is 0.360 e. The van der Waals surface area contributed by atoms with Gasteiger partial charge in [-0.25, -0.2) is 13.1 Å². The summed E-state index contributed by atoms with van der Waals surface area (Å²) in [4.78, 5) is 3.50. The predicted molar refractivity (Wildman–Crippen MR) is 119 cm³/mol. The second-order valence-electron chi connectivity index (χ2n) is 8.00. The highest BCUT2D eigenvalue weighted by Gasteiger charge is 2.34. The summed E-state index contributed by atoms with van der Waals surface area (Å²) in [5.41, 5.74) is 0.401. The van der Waals surface area contributed by atoms with Crippen molar-refractivity contribution in [2.75, 3.05) is 26.2 Å². The minimum atomic E-state index is -3.62. The summed E-state index contributed by atoms with van der Waals surface area (Å²) >= 11 is 7.42. The summed E-state index contributed by atoms with van der Waals surface area (Å²) in [7, 11) is -3.62. The average Bonchev–Trinajstić information content (AvgIpc) is 3.15. The maximum Gasteiger partial charge on any atom is 0.248 e. The van der Waals surface area contributed by atoms with Crippen molar-refractivity contribution in [2.45, 2.75) is 44.3 Å². The lowest BCUT2D eigenvalue weighted by atomic mass is 10.4. The molecule has 0 radical (unpaired) electrons. The molecule has 0 atom stereocenters. The molecule has 5 rings (SSSR count). The van der Waals surface area contributed by atoms with Crippen LogP contribution in [0.15, 0.2) is 26.9 Å². The molecule has 1 saturated carbocycles. The van der Waals surface area contributed by atoms with Gasteiger partial charge in [-0.2, -0.15) is 4.31 Å². The number of hydrogen-bond donors (Lipinski definition) is 0. The van der Waals surface area contributed by atoms with Crippen molar-refractivity contribution in [3.05, 3.63) is 33.7 Å². The van der Waals surface area contributed by atoms with E-state index in [2.05, 4.69) is 20.7 Å². The van der Waals surface area contributed by atoms with Crippen molar-refractivity contribution >= 4 is 33.6 Å². The Morgan fingerprint density at radius 2 is 1.97 bits per heavy atom. The maximum absolute atomic E-state index is 13.0. The second kappa shape index (κ2) is 7.93. The van der Waals surface area contributed by atoms with Gasteiger partial charge in [-0.3, -0.25) is 9.47 Å².